The second kappa shape index (κ2) is 8.58. The van der Waals surface area contributed by atoms with E-state index in [1.54, 1.807) is 6.08 Å². The molecule has 0 saturated carbocycles. The Kier molecular flexibility index (Phi) is 7.10. The van der Waals surface area contributed by atoms with Gasteiger partial charge in [-0.25, -0.2) is 4.79 Å². The average molecular weight is 376 g/mol. The Morgan fingerprint density at radius 3 is 2.57 bits per heavy atom. The molecule has 0 bridgehead atoms. The summed E-state index contributed by atoms with van der Waals surface area (Å²) in [5, 5.41) is 19.8. The van der Waals surface area contributed by atoms with Crippen molar-refractivity contribution >= 4 is 51.2 Å². The van der Waals surface area contributed by atoms with Crippen LogP contribution in [-0.4, -0.2) is 34.1 Å². The molecule has 0 spiro atoms. The maximum absolute atomic E-state index is 11.7. The first-order chi connectivity index (χ1) is 9.88. The fraction of sp³-hybridized carbons (Fsp3) is 0.308. The van der Waals surface area contributed by atoms with Crippen molar-refractivity contribution in [2.24, 2.45) is 0 Å². The van der Waals surface area contributed by atoms with E-state index in [0.717, 1.165) is 8.66 Å². The molecular weight excluding hydrogens is 362 g/mol. The number of nitrogens with one attached hydrogen (secondary N) is 1. The summed E-state index contributed by atoms with van der Waals surface area (Å²) in [6.45, 7) is 0. The molecule has 0 radical (unpaired) electrons. The molecule has 1 aromatic heterocycles. The van der Waals surface area contributed by atoms with Crippen molar-refractivity contribution in [3.63, 3.8) is 0 Å². The van der Waals surface area contributed by atoms with Crippen molar-refractivity contribution in [1.29, 1.82) is 0 Å². The normalized spacial score (nSPS) is 12.2. The number of rotatable bonds is 8. The largest absolute Gasteiger partial charge is 0.481 e. The topological polar surface area (TPSA) is 104 Å². The maximum Gasteiger partial charge on any atom is 0.326 e. The molecule has 6 nitrogen and oxygen atoms in total. The summed E-state index contributed by atoms with van der Waals surface area (Å²) in [6.07, 6.45) is 2.98. The number of carbonyl (C=O) groups excluding carboxylic acids is 1. The van der Waals surface area contributed by atoms with Gasteiger partial charge in [-0.1, -0.05) is 0 Å². The quantitative estimate of drug-likeness (QED) is 0.605. The minimum atomic E-state index is -1.18. The Balaban J connectivity index is 2.50. The molecule has 0 aromatic carbocycles. The molecule has 1 amide bonds. The van der Waals surface area contributed by atoms with Gasteiger partial charge in [0, 0.05) is 17.4 Å². The van der Waals surface area contributed by atoms with Gasteiger partial charge >= 0.3 is 11.9 Å². The number of carboxylic acid groups (broad SMARTS) is 2. The average Bonchev–Trinajstić information content (AvgIpc) is 2.80. The van der Waals surface area contributed by atoms with E-state index < -0.39 is 23.9 Å². The summed E-state index contributed by atoms with van der Waals surface area (Å²) in [4.78, 5) is 33.9. The molecule has 0 aliphatic carbocycles. The third-order valence-corrected chi connectivity index (χ3v) is 4.08. The summed E-state index contributed by atoms with van der Waals surface area (Å²) >= 11 is 4.74. The van der Waals surface area contributed by atoms with Crippen molar-refractivity contribution in [3.05, 3.63) is 26.9 Å². The molecule has 1 aromatic rings. The van der Waals surface area contributed by atoms with Crippen LogP contribution in [0.2, 0.25) is 0 Å². The van der Waals surface area contributed by atoms with Gasteiger partial charge in [0.15, 0.2) is 0 Å². The highest BCUT2D eigenvalue weighted by Gasteiger charge is 2.18. The van der Waals surface area contributed by atoms with Crippen LogP contribution in [0.3, 0.4) is 0 Å². The number of amides is 1. The molecule has 0 aliphatic rings. The van der Waals surface area contributed by atoms with Crippen molar-refractivity contribution in [2.45, 2.75) is 25.3 Å². The highest BCUT2D eigenvalue weighted by molar-refractivity contribution is 9.11. The first-order valence-electron chi connectivity index (χ1n) is 6.07. The van der Waals surface area contributed by atoms with Gasteiger partial charge in [-0.05, 0) is 47.0 Å². The highest BCUT2D eigenvalue weighted by Crippen LogP contribution is 2.22. The Labute approximate surface area is 133 Å². The van der Waals surface area contributed by atoms with Gasteiger partial charge in [0.05, 0.1) is 3.79 Å². The Bertz CT molecular complexity index is 555. The van der Waals surface area contributed by atoms with Crippen LogP contribution in [0.25, 0.3) is 6.08 Å². The number of aliphatic carboxylic acids is 2. The molecule has 0 fully saturated rings. The van der Waals surface area contributed by atoms with Crippen molar-refractivity contribution in [2.75, 3.05) is 0 Å². The van der Waals surface area contributed by atoms with Gasteiger partial charge < -0.3 is 15.5 Å². The zero-order valence-corrected chi connectivity index (χ0v) is 13.3. The third kappa shape index (κ3) is 7.05. The summed E-state index contributed by atoms with van der Waals surface area (Å²) in [5.74, 6) is -2.70. The van der Waals surface area contributed by atoms with Gasteiger partial charge in [-0.15, -0.1) is 11.3 Å². The summed E-state index contributed by atoms with van der Waals surface area (Å²) in [6, 6.07) is 2.57. The first-order valence-corrected chi connectivity index (χ1v) is 7.68. The van der Waals surface area contributed by atoms with Crippen LogP contribution in [-0.2, 0) is 14.4 Å². The number of thiophene rings is 1. The molecule has 0 unspecified atom stereocenters. The predicted molar refractivity (Wildman–Crippen MR) is 82.1 cm³/mol. The molecule has 0 aliphatic heterocycles. The number of hydrogen-bond donors (Lipinski definition) is 3. The zero-order chi connectivity index (χ0) is 15.8. The standard InChI is InChI=1S/C13H14BrNO5S/c14-10-6-4-8(21-10)5-7-11(16)15-9(13(19)20)2-1-3-12(17)18/h4-7,9H,1-3H2,(H,15,16)(H,17,18)(H,19,20)/b7-5+/t9-/m1/s1. The number of carboxylic acids is 2. The molecular formula is C13H14BrNO5S. The molecule has 1 atom stereocenters. The fourth-order valence-electron chi connectivity index (χ4n) is 1.51. The van der Waals surface area contributed by atoms with Crippen molar-refractivity contribution in [3.8, 4) is 0 Å². The molecule has 21 heavy (non-hydrogen) atoms. The van der Waals surface area contributed by atoms with Gasteiger partial charge in [0.25, 0.3) is 0 Å². The van der Waals surface area contributed by atoms with E-state index in [-0.39, 0.29) is 19.3 Å². The van der Waals surface area contributed by atoms with E-state index in [1.165, 1.54) is 17.4 Å². The molecule has 8 heteroatoms. The predicted octanol–water partition coefficient (Wildman–Crippen LogP) is 2.35. The van der Waals surface area contributed by atoms with Crippen LogP contribution in [0.5, 0.6) is 0 Å². The van der Waals surface area contributed by atoms with E-state index in [0.29, 0.717) is 0 Å². The number of carbonyl (C=O) groups is 3. The van der Waals surface area contributed by atoms with Crippen molar-refractivity contribution < 1.29 is 24.6 Å². The Hall–Kier alpha value is -1.67. The molecule has 1 rings (SSSR count). The number of hydrogen-bond acceptors (Lipinski definition) is 4. The first kappa shape index (κ1) is 17.4. The minimum absolute atomic E-state index is 0.0752. The zero-order valence-electron chi connectivity index (χ0n) is 10.9. The van der Waals surface area contributed by atoms with E-state index in [9.17, 15) is 14.4 Å². The highest BCUT2D eigenvalue weighted by atomic mass is 79.9. The molecule has 114 valence electrons. The lowest BCUT2D eigenvalue weighted by molar-refractivity contribution is -0.142. The van der Waals surface area contributed by atoms with E-state index in [1.807, 2.05) is 12.1 Å². The van der Waals surface area contributed by atoms with Gasteiger partial charge in [0.2, 0.25) is 5.91 Å². The van der Waals surface area contributed by atoms with E-state index >= 15 is 0 Å². The van der Waals surface area contributed by atoms with Crippen LogP contribution in [0.4, 0.5) is 0 Å². The summed E-state index contributed by atoms with van der Waals surface area (Å²) in [5.41, 5.74) is 0. The fourth-order valence-corrected chi connectivity index (χ4v) is 2.84. The lowest BCUT2D eigenvalue weighted by Gasteiger charge is -2.12. The maximum atomic E-state index is 11.7. The lowest BCUT2D eigenvalue weighted by atomic mass is 10.1. The lowest BCUT2D eigenvalue weighted by Crippen LogP contribution is -2.39. The van der Waals surface area contributed by atoms with Crippen LogP contribution < -0.4 is 5.32 Å². The molecule has 1 heterocycles. The monoisotopic (exact) mass is 375 g/mol. The Morgan fingerprint density at radius 2 is 2.05 bits per heavy atom. The Morgan fingerprint density at radius 1 is 1.33 bits per heavy atom. The van der Waals surface area contributed by atoms with Gasteiger partial charge in [-0.3, -0.25) is 9.59 Å². The van der Waals surface area contributed by atoms with Crippen molar-refractivity contribution in [1.82, 2.24) is 5.32 Å². The van der Waals surface area contributed by atoms with Crippen LogP contribution in [0.1, 0.15) is 24.1 Å². The van der Waals surface area contributed by atoms with Gasteiger partial charge in [-0.2, -0.15) is 0 Å². The van der Waals surface area contributed by atoms with Gasteiger partial charge in [0.1, 0.15) is 6.04 Å². The van der Waals surface area contributed by atoms with E-state index in [4.69, 9.17) is 10.2 Å². The van der Waals surface area contributed by atoms with Crippen LogP contribution in [0, 0.1) is 0 Å². The molecule has 3 N–H and O–H groups in total. The van der Waals surface area contributed by atoms with Crippen LogP contribution >= 0.6 is 27.3 Å². The second-order valence-electron chi connectivity index (χ2n) is 4.16. The van der Waals surface area contributed by atoms with Crippen LogP contribution in [0.15, 0.2) is 22.0 Å². The summed E-state index contributed by atoms with van der Waals surface area (Å²) in [7, 11) is 0. The minimum Gasteiger partial charge on any atom is -0.481 e. The molecule has 0 saturated heterocycles. The smallest absolute Gasteiger partial charge is 0.326 e. The second-order valence-corrected chi connectivity index (χ2v) is 6.66. The SMILES string of the molecule is O=C(O)CCC[C@@H](NC(=O)/C=C/c1ccc(Br)s1)C(=O)O. The summed E-state index contributed by atoms with van der Waals surface area (Å²) < 4.78 is 0.930. The third-order valence-electron chi connectivity index (χ3n) is 2.49. The number of halogens is 1. The van der Waals surface area contributed by atoms with E-state index in [2.05, 4.69) is 21.2 Å².